The summed E-state index contributed by atoms with van der Waals surface area (Å²) in [5.41, 5.74) is 1.38. The number of amides is 3. The van der Waals surface area contributed by atoms with E-state index in [2.05, 4.69) is 10.6 Å². The van der Waals surface area contributed by atoms with Crippen LogP contribution in [0.2, 0.25) is 0 Å². The molecule has 0 aromatic heterocycles. The summed E-state index contributed by atoms with van der Waals surface area (Å²) >= 11 is 0. The van der Waals surface area contributed by atoms with E-state index in [-0.39, 0.29) is 24.1 Å². The maximum absolute atomic E-state index is 11.8. The molecule has 1 fully saturated rings. The van der Waals surface area contributed by atoms with E-state index < -0.39 is 0 Å². The summed E-state index contributed by atoms with van der Waals surface area (Å²) in [6.45, 7) is 3.25. The second-order valence-electron chi connectivity index (χ2n) is 5.49. The summed E-state index contributed by atoms with van der Waals surface area (Å²) in [5, 5.41) is 5.58. The Morgan fingerprint density at radius 3 is 2.27 bits per heavy atom. The second kappa shape index (κ2) is 7.06. The van der Waals surface area contributed by atoms with Gasteiger partial charge in [0, 0.05) is 44.2 Å². The third-order valence-electron chi connectivity index (χ3n) is 3.38. The Labute approximate surface area is 129 Å². The smallest absolute Gasteiger partial charge is 0.223 e. The highest BCUT2D eigenvalue weighted by atomic mass is 16.2. The molecule has 3 amide bonds. The highest BCUT2D eigenvalue weighted by Crippen LogP contribution is 2.20. The molecule has 0 bridgehead atoms. The maximum Gasteiger partial charge on any atom is 0.223 e. The Balaban J connectivity index is 1.95. The van der Waals surface area contributed by atoms with E-state index in [0.29, 0.717) is 24.0 Å². The van der Waals surface area contributed by atoms with Crippen LogP contribution in [0.3, 0.4) is 0 Å². The minimum absolute atomic E-state index is 0.0244. The lowest BCUT2D eigenvalue weighted by Crippen LogP contribution is -2.34. The van der Waals surface area contributed by atoms with Gasteiger partial charge in [0.25, 0.3) is 0 Å². The lowest BCUT2D eigenvalue weighted by Gasteiger charge is -2.21. The van der Waals surface area contributed by atoms with Gasteiger partial charge < -0.3 is 15.5 Å². The quantitative estimate of drug-likeness (QED) is 0.839. The van der Waals surface area contributed by atoms with Crippen LogP contribution < -0.4 is 15.5 Å². The van der Waals surface area contributed by atoms with Crippen LogP contribution in [0.4, 0.5) is 11.4 Å². The minimum atomic E-state index is -0.145. The first-order valence-electron chi connectivity index (χ1n) is 7.41. The highest BCUT2D eigenvalue weighted by molar-refractivity contribution is 5.93. The molecule has 2 N–H and O–H groups in total. The molecule has 22 heavy (non-hydrogen) atoms. The number of hydrogen-bond acceptors (Lipinski definition) is 3. The summed E-state index contributed by atoms with van der Waals surface area (Å²) < 4.78 is 0. The maximum atomic E-state index is 11.8. The molecule has 0 heterocycles. The molecule has 0 aliphatic heterocycles. The lowest BCUT2D eigenvalue weighted by molar-refractivity contribution is -0.121. The van der Waals surface area contributed by atoms with Crippen LogP contribution in [0, 0.1) is 0 Å². The fraction of sp³-hybridized carbons (Fsp3) is 0.438. The molecule has 6 nitrogen and oxygen atoms in total. The van der Waals surface area contributed by atoms with Crippen molar-refractivity contribution in [1.29, 1.82) is 0 Å². The van der Waals surface area contributed by atoms with Crippen LogP contribution in [0.5, 0.6) is 0 Å². The van der Waals surface area contributed by atoms with E-state index in [4.69, 9.17) is 0 Å². The summed E-state index contributed by atoms with van der Waals surface area (Å²) in [6.07, 6.45) is 2.38. The summed E-state index contributed by atoms with van der Waals surface area (Å²) in [5.74, 6) is -0.289. The third kappa shape index (κ3) is 4.87. The van der Waals surface area contributed by atoms with Gasteiger partial charge in [-0.3, -0.25) is 14.4 Å². The SMILES string of the molecule is CC(=O)Nc1ccc(N(CCC(=O)NC2CC2)C(C)=O)cc1. The van der Waals surface area contributed by atoms with Crippen LogP contribution in [-0.2, 0) is 14.4 Å². The number of carbonyl (C=O) groups excluding carboxylic acids is 3. The standard InChI is InChI=1S/C16H21N3O3/c1-11(20)17-13-5-7-15(8-6-13)19(12(2)21)10-9-16(22)18-14-3-4-14/h5-8,14H,3-4,9-10H2,1-2H3,(H,17,20)(H,18,22). The van der Waals surface area contributed by atoms with Gasteiger partial charge in [0.2, 0.25) is 17.7 Å². The predicted octanol–water partition coefficient (Wildman–Crippen LogP) is 1.67. The first kappa shape index (κ1) is 16.0. The first-order chi connectivity index (χ1) is 10.5. The number of nitrogens with zero attached hydrogens (tertiary/aromatic N) is 1. The molecule has 0 spiro atoms. The van der Waals surface area contributed by atoms with Gasteiger partial charge in [-0.25, -0.2) is 0 Å². The normalized spacial score (nSPS) is 13.4. The van der Waals surface area contributed by atoms with Crippen molar-refractivity contribution in [3.05, 3.63) is 24.3 Å². The number of anilines is 2. The van der Waals surface area contributed by atoms with E-state index >= 15 is 0 Å². The highest BCUT2D eigenvalue weighted by Gasteiger charge is 2.23. The Hall–Kier alpha value is -2.37. The van der Waals surface area contributed by atoms with Gasteiger partial charge in [-0.2, -0.15) is 0 Å². The van der Waals surface area contributed by atoms with Crippen molar-refractivity contribution in [3.8, 4) is 0 Å². The van der Waals surface area contributed by atoms with Gasteiger partial charge >= 0.3 is 0 Å². The van der Waals surface area contributed by atoms with Crippen LogP contribution in [0.1, 0.15) is 33.1 Å². The lowest BCUT2D eigenvalue weighted by atomic mass is 10.2. The van der Waals surface area contributed by atoms with E-state index in [1.165, 1.54) is 13.8 Å². The van der Waals surface area contributed by atoms with E-state index in [0.717, 1.165) is 12.8 Å². The summed E-state index contributed by atoms with van der Waals surface area (Å²) in [4.78, 5) is 36.1. The molecule has 0 radical (unpaired) electrons. The fourth-order valence-corrected chi connectivity index (χ4v) is 2.14. The number of hydrogen-bond donors (Lipinski definition) is 2. The summed E-state index contributed by atoms with van der Waals surface area (Å²) in [6, 6.07) is 7.31. The Bertz CT molecular complexity index is 565. The predicted molar refractivity (Wildman–Crippen MR) is 84.6 cm³/mol. The molecule has 0 unspecified atom stereocenters. The van der Waals surface area contributed by atoms with Crippen molar-refractivity contribution >= 4 is 29.1 Å². The molecule has 1 saturated carbocycles. The molecule has 1 aliphatic carbocycles. The van der Waals surface area contributed by atoms with Gasteiger partial charge in [-0.05, 0) is 37.1 Å². The average molecular weight is 303 g/mol. The van der Waals surface area contributed by atoms with E-state index in [9.17, 15) is 14.4 Å². The van der Waals surface area contributed by atoms with Crippen molar-refractivity contribution in [3.63, 3.8) is 0 Å². The van der Waals surface area contributed by atoms with Gasteiger partial charge in [0.1, 0.15) is 0 Å². The fourth-order valence-electron chi connectivity index (χ4n) is 2.14. The van der Waals surface area contributed by atoms with E-state index in [1.807, 2.05) is 0 Å². The van der Waals surface area contributed by atoms with Crippen molar-refractivity contribution in [2.75, 3.05) is 16.8 Å². The average Bonchev–Trinajstić information content (AvgIpc) is 3.23. The minimum Gasteiger partial charge on any atom is -0.353 e. The van der Waals surface area contributed by atoms with Crippen molar-refractivity contribution in [2.45, 2.75) is 39.2 Å². The zero-order valence-corrected chi connectivity index (χ0v) is 12.9. The molecule has 1 aliphatic rings. The molecule has 1 aromatic rings. The molecule has 6 heteroatoms. The largest absolute Gasteiger partial charge is 0.353 e. The number of rotatable bonds is 6. The summed E-state index contributed by atoms with van der Waals surface area (Å²) in [7, 11) is 0. The molecular formula is C16H21N3O3. The zero-order valence-electron chi connectivity index (χ0n) is 12.9. The van der Waals surface area contributed by atoms with Crippen molar-refractivity contribution < 1.29 is 14.4 Å². The third-order valence-corrected chi connectivity index (χ3v) is 3.38. The van der Waals surface area contributed by atoms with Crippen molar-refractivity contribution in [2.24, 2.45) is 0 Å². The van der Waals surface area contributed by atoms with Gasteiger partial charge in [-0.1, -0.05) is 0 Å². The number of benzene rings is 1. The molecule has 118 valence electrons. The van der Waals surface area contributed by atoms with E-state index in [1.54, 1.807) is 29.2 Å². The topological polar surface area (TPSA) is 78.5 Å². The molecule has 0 atom stereocenters. The Morgan fingerprint density at radius 1 is 1.14 bits per heavy atom. The van der Waals surface area contributed by atoms with Crippen LogP contribution in [0.15, 0.2) is 24.3 Å². The Kier molecular flexibility index (Phi) is 5.14. The van der Waals surface area contributed by atoms with Gasteiger partial charge in [0.05, 0.1) is 0 Å². The van der Waals surface area contributed by atoms with Gasteiger partial charge in [-0.15, -0.1) is 0 Å². The molecule has 2 rings (SSSR count). The zero-order chi connectivity index (χ0) is 16.1. The molecular weight excluding hydrogens is 282 g/mol. The second-order valence-corrected chi connectivity index (χ2v) is 5.49. The number of nitrogens with one attached hydrogen (secondary N) is 2. The molecule has 0 saturated heterocycles. The monoisotopic (exact) mass is 303 g/mol. The molecule has 1 aromatic carbocycles. The number of carbonyl (C=O) groups is 3. The van der Waals surface area contributed by atoms with Gasteiger partial charge in [0.15, 0.2) is 0 Å². The Morgan fingerprint density at radius 2 is 1.77 bits per heavy atom. The van der Waals surface area contributed by atoms with Crippen molar-refractivity contribution in [1.82, 2.24) is 5.32 Å². The first-order valence-corrected chi connectivity index (χ1v) is 7.41. The van der Waals surface area contributed by atoms with Crippen LogP contribution >= 0.6 is 0 Å². The van der Waals surface area contributed by atoms with Crippen LogP contribution in [0.25, 0.3) is 0 Å². The van der Waals surface area contributed by atoms with Crippen LogP contribution in [-0.4, -0.2) is 30.3 Å².